The Kier molecular flexibility index (Phi) is 5.72. The van der Waals surface area contributed by atoms with Crippen molar-refractivity contribution in [1.82, 2.24) is 4.98 Å². The number of guanidine groups is 1. The molecule has 3 aromatic rings. The molecule has 2 heterocycles. The van der Waals surface area contributed by atoms with Gasteiger partial charge >= 0.3 is 0 Å². The van der Waals surface area contributed by atoms with Gasteiger partial charge in [-0.15, -0.1) is 11.3 Å². The summed E-state index contributed by atoms with van der Waals surface area (Å²) in [5, 5.41) is 6.20. The number of fused-ring (bicyclic) bond motifs is 1. The highest BCUT2D eigenvalue weighted by molar-refractivity contribution is 7.13. The Hall–Kier alpha value is -3.06. The van der Waals surface area contributed by atoms with E-state index >= 15 is 0 Å². The number of anilines is 1. The van der Waals surface area contributed by atoms with Crippen LogP contribution in [-0.2, 0) is 6.42 Å². The Morgan fingerprint density at radius 1 is 1.11 bits per heavy atom. The predicted octanol–water partition coefficient (Wildman–Crippen LogP) is 3.94. The van der Waals surface area contributed by atoms with E-state index in [-0.39, 0.29) is 0 Å². The first-order chi connectivity index (χ1) is 13.8. The third kappa shape index (κ3) is 4.61. The number of hydrogen-bond acceptors (Lipinski definition) is 5. The largest absolute Gasteiger partial charge is 0.490 e. The number of nitrogens with two attached hydrogens (primary N) is 1. The number of nitrogens with one attached hydrogen (secondary N) is 1. The molecule has 4 rings (SSSR count). The third-order valence-corrected chi connectivity index (χ3v) is 5.18. The summed E-state index contributed by atoms with van der Waals surface area (Å²) in [4.78, 5) is 9.08. The van der Waals surface area contributed by atoms with Gasteiger partial charge < -0.3 is 20.5 Å². The summed E-state index contributed by atoms with van der Waals surface area (Å²) in [6.45, 7) is 1.89. The van der Waals surface area contributed by atoms with Crippen LogP contribution in [-0.4, -0.2) is 30.7 Å². The lowest BCUT2D eigenvalue weighted by Gasteiger charge is -2.10. The van der Waals surface area contributed by atoms with Crippen LogP contribution >= 0.6 is 11.3 Å². The van der Waals surface area contributed by atoms with E-state index in [4.69, 9.17) is 15.2 Å². The van der Waals surface area contributed by atoms with Gasteiger partial charge in [-0.25, -0.2) is 4.98 Å². The smallest absolute Gasteiger partial charge is 0.193 e. The van der Waals surface area contributed by atoms with Crippen molar-refractivity contribution in [2.24, 2.45) is 10.7 Å². The van der Waals surface area contributed by atoms with Crippen LogP contribution < -0.4 is 20.5 Å². The van der Waals surface area contributed by atoms with Crippen molar-refractivity contribution in [3.63, 3.8) is 0 Å². The van der Waals surface area contributed by atoms with Crippen LogP contribution in [0.2, 0.25) is 0 Å². The molecule has 3 N–H and O–H groups in total. The molecule has 1 aliphatic heterocycles. The number of aromatic nitrogens is 1. The zero-order valence-electron chi connectivity index (χ0n) is 15.4. The van der Waals surface area contributed by atoms with Crippen LogP contribution in [0.15, 0.2) is 58.9 Å². The average Bonchev–Trinajstić information content (AvgIpc) is 3.06. The summed E-state index contributed by atoms with van der Waals surface area (Å²) >= 11 is 1.65. The van der Waals surface area contributed by atoms with Crippen molar-refractivity contribution < 1.29 is 9.47 Å². The minimum Gasteiger partial charge on any atom is -0.490 e. The highest BCUT2D eigenvalue weighted by Crippen LogP contribution is 2.32. The van der Waals surface area contributed by atoms with Crippen LogP contribution in [0, 0.1) is 0 Å². The van der Waals surface area contributed by atoms with E-state index in [1.165, 1.54) is 0 Å². The molecule has 1 aromatic heterocycles. The summed E-state index contributed by atoms with van der Waals surface area (Å²) in [5.74, 6) is 1.86. The minimum atomic E-state index is 0.369. The maximum Gasteiger partial charge on any atom is 0.193 e. The average molecular weight is 395 g/mol. The fourth-order valence-corrected chi connectivity index (χ4v) is 3.71. The molecule has 0 fully saturated rings. The second kappa shape index (κ2) is 8.75. The van der Waals surface area contributed by atoms with Crippen LogP contribution in [0.4, 0.5) is 5.69 Å². The van der Waals surface area contributed by atoms with Gasteiger partial charge in [0, 0.05) is 42.1 Å². The fourth-order valence-electron chi connectivity index (χ4n) is 2.85. The Labute approximate surface area is 168 Å². The summed E-state index contributed by atoms with van der Waals surface area (Å²) in [6, 6.07) is 15.9. The number of thiazole rings is 1. The normalized spacial score (nSPS) is 13.8. The Morgan fingerprint density at radius 2 is 1.93 bits per heavy atom. The van der Waals surface area contributed by atoms with Crippen LogP contribution in [0.1, 0.15) is 12.1 Å². The first-order valence-corrected chi connectivity index (χ1v) is 10.1. The first kappa shape index (κ1) is 18.3. The van der Waals surface area contributed by atoms with Crippen molar-refractivity contribution in [3.05, 3.63) is 59.6 Å². The molecule has 28 heavy (non-hydrogen) atoms. The molecule has 0 aliphatic carbocycles. The van der Waals surface area contributed by atoms with Gasteiger partial charge in [0.05, 0.1) is 18.9 Å². The standard InChI is InChI=1S/C21H22N4O2S/c22-21(25-16-7-8-18-19(13-16)27-12-4-11-26-18)23-10-9-17-14-28-20(24-17)15-5-2-1-3-6-15/h1-3,5-8,13-14H,4,9-12H2,(H3,22,23,25). The van der Waals surface area contributed by atoms with Crippen LogP contribution in [0.5, 0.6) is 11.5 Å². The highest BCUT2D eigenvalue weighted by atomic mass is 32.1. The van der Waals surface area contributed by atoms with E-state index in [2.05, 4.69) is 32.8 Å². The minimum absolute atomic E-state index is 0.369. The van der Waals surface area contributed by atoms with Crippen LogP contribution in [0.25, 0.3) is 10.6 Å². The summed E-state index contributed by atoms with van der Waals surface area (Å²) < 4.78 is 11.3. The molecule has 6 nitrogen and oxygen atoms in total. The van der Waals surface area contributed by atoms with Gasteiger partial charge in [-0.3, -0.25) is 4.99 Å². The molecule has 0 atom stereocenters. The quantitative estimate of drug-likeness (QED) is 0.506. The van der Waals surface area contributed by atoms with Gasteiger partial charge in [0.1, 0.15) is 5.01 Å². The first-order valence-electron chi connectivity index (χ1n) is 9.24. The predicted molar refractivity (Wildman–Crippen MR) is 113 cm³/mol. The van der Waals surface area contributed by atoms with Gasteiger partial charge in [0.15, 0.2) is 17.5 Å². The summed E-state index contributed by atoms with van der Waals surface area (Å²) in [6.07, 6.45) is 1.62. The maximum absolute atomic E-state index is 6.02. The van der Waals surface area contributed by atoms with Gasteiger partial charge in [-0.1, -0.05) is 30.3 Å². The van der Waals surface area contributed by atoms with Crippen molar-refractivity contribution in [2.75, 3.05) is 25.1 Å². The van der Waals surface area contributed by atoms with Gasteiger partial charge in [-0.05, 0) is 12.1 Å². The monoisotopic (exact) mass is 394 g/mol. The lowest BCUT2D eigenvalue weighted by atomic mass is 10.2. The molecule has 1 aliphatic rings. The molecule has 0 amide bonds. The maximum atomic E-state index is 6.02. The second-order valence-electron chi connectivity index (χ2n) is 6.36. The molecular formula is C21H22N4O2S. The number of hydrogen-bond donors (Lipinski definition) is 2. The van der Waals surface area contributed by atoms with E-state index in [1.807, 2.05) is 36.4 Å². The number of nitrogens with zero attached hydrogens (tertiary/aromatic N) is 2. The molecule has 0 radical (unpaired) electrons. The molecular weight excluding hydrogens is 372 g/mol. The van der Waals surface area contributed by atoms with E-state index in [0.717, 1.165) is 46.3 Å². The third-order valence-electron chi connectivity index (χ3n) is 4.24. The lowest BCUT2D eigenvalue weighted by Crippen LogP contribution is -2.23. The number of benzene rings is 2. The molecule has 0 spiro atoms. The van der Waals surface area contributed by atoms with E-state index in [1.54, 1.807) is 11.3 Å². The van der Waals surface area contributed by atoms with Crippen molar-refractivity contribution >= 4 is 23.0 Å². The number of rotatable bonds is 5. The molecule has 2 aromatic carbocycles. The van der Waals surface area contributed by atoms with E-state index in [9.17, 15) is 0 Å². The molecule has 0 bridgehead atoms. The lowest BCUT2D eigenvalue weighted by molar-refractivity contribution is 0.297. The van der Waals surface area contributed by atoms with E-state index in [0.29, 0.717) is 25.7 Å². The zero-order chi connectivity index (χ0) is 19.2. The van der Waals surface area contributed by atoms with Crippen molar-refractivity contribution in [3.8, 4) is 22.1 Å². The Balaban J connectivity index is 1.33. The van der Waals surface area contributed by atoms with Crippen molar-refractivity contribution in [2.45, 2.75) is 12.8 Å². The molecule has 0 saturated heterocycles. The topological polar surface area (TPSA) is 81.8 Å². The van der Waals surface area contributed by atoms with Gasteiger partial charge in [-0.2, -0.15) is 0 Å². The van der Waals surface area contributed by atoms with E-state index < -0.39 is 0 Å². The number of ether oxygens (including phenoxy) is 2. The zero-order valence-corrected chi connectivity index (χ0v) is 16.2. The molecule has 7 heteroatoms. The summed E-state index contributed by atoms with van der Waals surface area (Å²) in [7, 11) is 0. The Bertz CT molecular complexity index is 956. The van der Waals surface area contributed by atoms with Gasteiger partial charge in [0.25, 0.3) is 0 Å². The van der Waals surface area contributed by atoms with Crippen LogP contribution in [0.3, 0.4) is 0 Å². The highest BCUT2D eigenvalue weighted by Gasteiger charge is 2.11. The molecule has 144 valence electrons. The SMILES string of the molecule is NC(=NCCc1csc(-c2ccccc2)n1)Nc1ccc2c(c1)OCCCO2. The Morgan fingerprint density at radius 3 is 2.79 bits per heavy atom. The number of aliphatic imine (C=N–C) groups is 1. The van der Waals surface area contributed by atoms with Crippen molar-refractivity contribution in [1.29, 1.82) is 0 Å². The van der Waals surface area contributed by atoms with Gasteiger partial charge in [0.2, 0.25) is 0 Å². The fraction of sp³-hybridized carbons (Fsp3) is 0.238. The molecule has 0 saturated carbocycles. The molecule has 0 unspecified atom stereocenters. The second-order valence-corrected chi connectivity index (χ2v) is 7.22. The summed E-state index contributed by atoms with van der Waals surface area (Å²) in [5.41, 5.74) is 9.01.